The Morgan fingerprint density at radius 2 is 1.60 bits per heavy atom. The third-order valence-corrected chi connectivity index (χ3v) is 4.17. The van der Waals surface area contributed by atoms with Crippen LogP contribution in [0.3, 0.4) is 0 Å². The molecule has 1 N–H and O–H groups in total. The third-order valence-electron chi connectivity index (χ3n) is 4.17. The minimum Gasteiger partial charge on any atom is -0.335 e. The Kier molecular flexibility index (Phi) is 2.33. The van der Waals surface area contributed by atoms with E-state index < -0.39 is 0 Å². The lowest BCUT2D eigenvalue weighted by molar-refractivity contribution is 0.206. The lowest BCUT2D eigenvalue weighted by Crippen LogP contribution is -2.39. The molecular weight excluding hydrogens is 188 g/mol. The van der Waals surface area contributed by atoms with E-state index in [-0.39, 0.29) is 6.03 Å². The highest BCUT2D eigenvalue weighted by Crippen LogP contribution is 2.36. The highest BCUT2D eigenvalue weighted by Gasteiger charge is 2.37. The Morgan fingerprint density at radius 3 is 2.13 bits per heavy atom. The standard InChI is InChI=1S/C12H20N2O/c15-12(13-11-5-6-11)14-7-9-3-1-2-4-10(9)8-14/h9-11H,1-8H2,(H,13,15). The average Bonchev–Trinajstić information content (AvgIpc) is 2.95. The van der Waals surface area contributed by atoms with Crippen molar-refractivity contribution in [1.29, 1.82) is 0 Å². The van der Waals surface area contributed by atoms with E-state index >= 15 is 0 Å². The zero-order chi connectivity index (χ0) is 10.3. The van der Waals surface area contributed by atoms with Gasteiger partial charge in [-0.15, -0.1) is 0 Å². The summed E-state index contributed by atoms with van der Waals surface area (Å²) in [6.07, 6.45) is 7.81. The number of amides is 2. The van der Waals surface area contributed by atoms with Gasteiger partial charge in [-0.05, 0) is 37.5 Å². The highest BCUT2D eigenvalue weighted by atomic mass is 16.2. The number of hydrogen-bond acceptors (Lipinski definition) is 1. The maximum absolute atomic E-state index is 11.9. The van der Waals surface area contributed by atoms with Gasteiger partial charge in [0.25, 0.3) is 0 Å². The molecule has 84 valence electrons. The van der Waals surface area contributed by atoms with Crippen molar-refractivity contribution in [3.63, 3.8) is 0 Å². The Bertz CT molecular complexity index is 248. The van der Waals surface area contributed by atoms with E-state index in [4.69, 9.17) is 0 Å². The van der Waals surface area contributed by atoms with Crippen LogP contribution < -0.4 is 5.32 Å². The van der Waals surface area contributed by atoms with Crippen LogP contribution in [0, 0.1) is 11.8 Å². The number of nitrogens with zero attached hydrogens (tertiary/aromatic N) is 1. The van der Waals surface area contributed by atoms with Gasteiger partial charge in [-0.25, -0.2) is 4.79 Å². The van der Waals surface area contributed by atoms with Crippen LogP contribution in [0.2, 0.25) is 0 Å². The number of carbonyl (C=O) groups is 1. The summed E-state index contributed by atoms with van der Waals surface area (Å²) in [4.78, 5) is 13.9. The zero-order valence-corrected chi connectivity index (χ0v) is 9.24. The summed E-state index contributed by atoms with van der Waals surface area (Å²) in [7, 11) is 0. The normalized spacial score (nSPS) is 35.1. The molecule has 2 unspecified atom stereocenters. The van der Waals surface area contributed by atoms with Crippen LogP contribution in [-0.2, 0) is 0 Å². The highest BCUT2D eigenvalue weighted by molar-refractivity contribution is 5.75. The molecule has 3 rings (SSSR count). The first-order valence-corrected chi connectivity index (χ1v) is 6.38. The van der Waals surface area contributed by atoms with Crippen molar-refractivity contribution in [3.8, 4) is 0 Å². The summed E-state index contributed by atoms with van der Waals surface area (Å²) in [5, 5.41) is 3.09. The first kappa shape index (κ1) is 9.49. The van der Waals surface area contributed by atoms with Crippen molar-refractivity contribution in [2.24, 2.45) is 11.8 Å². The Morgan fingerprint density at radius 1 is 1.00 bits per heavy atom. The molecule has 2 amide bonds. The molecule has 0 radical (unpaired) electrons. The molecule has 2 aliphatic carbocycles. The molecule has 3 fully saturated rings. The predicted octanol–water partition coefficient (Wildman–Crippen LogP) is 1.98. The van der Waals surface area contributed by atoms with Gasteiger partial charge in [0.15, 0.2) is 0 Å². The Balaban J connectivity index is 1.56. The molecule has 3 aliphatic rings. The predicted molar refractivity (Wildman–Crippen MR) is 58.6 cm³/mol. The summed E-state index contributed by atoms with van der Waals surface area (Å²) >= 11 is 0. The van der Waals surface area contributed by atoms with Gasteiger partial charge in [0, 0.05) is 19.1 Å². The number of carbonyl (C=O) groups excluding carboxylic acids is 1. The summed E-state index contributed by atoms with van der Waals surface area (Å²) in [6.45, 7) is 2.03. The minimum absolute atomic E-state index is 0.201. The van der Waals surface area contributed by atoms with Gasteiger partial charge in [-0.3, -0.25) is 0 Å². The molecule has 3 heteroatoms. The van der Waals surface area contributed by atoms with Crippen molar-refractivity contribution < 1.29 is 4.79 Å². The van der Waals surface area contributed by atoms with Gasteiger partial charge in [-0.1, -0.05) is 12.8 Å². The van der Waals surface area contributed by atoms with E-state index in [1.54, 1.807) is 0 Å². The van der Waals surface area contributed by atoms with Crippen molar-refractivity contribution in [2.45, 2.75) is 44.6 Å². The SMILES string of the molecule is O=C(NC1CC1)N1CC2CCCCC2C1. The number of fused-ring (bicyclic) bond motifs is 1. The fourth-order valence-corrected chi connectivity index (χ4v) is 3.07. The Hall–Kier alpha value is -0.730. The second-order valence-electron chi connectivity index (χ2n) is 5.43. The van der Waals surface area contributed by atoms with E-state index in [9.17, 15) is 4.79 Å². The van der Waals surface area contributed by atoms with Crippen LogP contribution >= 0.6 is 0 Å². The first-order chi connectivity index (χ1) is 7.33. The molecule has 3 nitrogen and oxygen atoms in total. The van der Waals surface area contributed by atoms with Crippen LogP contribution in [0.5, 0.6) is 0 Å². The maximum atomic E-state index is 11.9. The zero-order valence-electron chi connectivity index (χ0n) is 9.24. The van der Waals surface area contributed by atoms with Gasteiger partial charge in [0.2, 0.25) is 0 Å². The molecule has 1 heterocycles. The van der Waals surface area contributed by atoms with Crippen LogP contribution in [0.25, 0.3) is 0 Å². The summed E-state index contributed by atoms with van der Waals surface area (Å²) < 4.78 is 0. The molecular formula is C12H20N2O. The molecule has 1 saturated heterocycles. The number of hydrogen-bond donors (Lipinski definition) is 1. The Labute approximate surface area is 91.2 Å². The quantitative estimate of drug-likeness (QED) is 0.702. The summed E-state index contributed by atoms with van der Waals surface area (Å²) in [6, 6.07) is 0.701. The number of urea groups is 1. The summed E-state index contributed by atoms with van der Waals surface area (Å²) in [5.41, 5.74) is 0. The van der Waals surface area contributed by atoms with E-state index in [0.717, 1.165) is 24.9 Å². The molecule has 0 spiro atoms. The van der Waals surface area contributed by atoms with Gasteiger partial charge in [0.1, 0.15) is 0 Å². The van der Waals surface area contributed by atoms with Crippen molar-refractivity contribution >= 4 is 6.03 Å². The monoisotopic (exact) mass is 208 g/mol. The molecule has 0 aromatic rings. The number of rotatable bonds is 1. The van der Waals surface area contributed by atoms with Crippen molar-refractivity contribution in [3.05, 3.63) is 0 Å². The lowest BCUT2D eigenvalue weighted by Gasteiger charge is -2.22. The average molecular weight is 208 g/mol. The first-order valence-electron chi connectivity index (χ1n) is 6.38. The molecule has 2 atom stereocenters. The van der Waals surface area contributed by atoms with Crippen molar-refractivity contribution in [1.82, 2.24) is 10.2 Å². The van der Waals surface area contributed by atoms with Crippen LogP contribution in [0.1, 0.15) is 38.5 Å². The van der Waals surface area contributed by atoms with E-state index in [1.807, 2.05) is 0 Å². The van der Waals surface area contributed by atoms with E-state index in [2.05, 4.69) is 10.2 Å². The van der Waals surface area contributed by atoms with Gasteiger partial charge < -0.3 is 10.2 Å². The lowest BCUT2D eigenvalue weighted by atomic mass is 9.82. The largest absolute Gasteiger partial charge is 0.335 e. The second-order valence-corrected chi connectivity index (χ2v) is 5.43. The number of likely N-dealkylation sites (tertiary alicyclic amines) is 1. The van der Waals surface area contributed by atoms with E-state index in [1.165, 1.54) is 38.5 Å². The van der Waals surface area contributed by atoms with E-state index in [0.29, 0.717) is 6.04 Å². The van der Waals surface area contributed by atoms with Crippen LogP contribution in [-0.4, -0.2) is 30.1 Å². The molecule has 15 heavy (non-hydrogen) atoms. The molecule has 1 aliphatic heterocycles. The fraction of sp³-hybridized carbons (Fsp3) is 0.917. The van der Waals surface area contributed by atoms with Crippen molar-refractivity contribution in [2.75, 3.05) is 13.1 Å². The molecule has 0 aromatic carbocycles. The molecule has 0 aromatic heterocycles. The third kappa shape index (κ3) is 1.97. The number of nitrogens with one attached hydrogen (secondary N) is 1. The summed E-state index contributed by atoms with van der Waals surface area (Å²) in [5.74, 6) is 1.62. The maximum Gasteiger partial charge on any atom is 0.317 e. The van der Waals surface area contributed by atoms with Gasteiger partial charge in [0.05, 0.1) is 0 Å². The second kappa shape index (κ2) is 3.69. The topological polar surface area (TPSA) is 32.3 Å². The fourth-order valence-electron chi connectivity index (χ4n) is 3.07. The molecule has 2 saturated carbocycles. The van der Waals surface area contributed by atoms with Gasteiger partial charge >= 0.3 is 6.03 Å². The smallest absolute Gasteiger partial charge is 0.317 e. The van der Waals surface area contributed by atoms with Gasteiger partial charge in [-0.2, -0.15) is 0 Å². The van der Waals surface area contributed by atoms with Crippen LogP contribution in [0.15, 0.2) is 0 Å². The minimum atomic E-state index is 0.201. The van der Waals surface area contributed by atoms with Crippen LogP contribution in [0.4, 0.5) is 4.79 Å². The molecule has 0 bridgehead atoms.